The monoisotopic (exact) mass is 498 g/mol. The molecule has 0 bridgehead atoms. The van der Waals surface area contributed by atoms with Crippen LogP contribution in [0.4, 0.5) is 4.79 Å². The molecule has 10 heteroatoms. The largest absolute Gasteiger partial charge is 0.449 e. The fraction of sp³-hybridized carbons (Fsp3) is 0.208. The number of carbonyl (C=O) groups is 1. The third kappa shape index (κ3) is 4.10. The van der Waals surface area contributed by atoms with E-state index in [1.165, 1.54) is 6.20 Å². The lowest BCUT2D eigenvalue weighted by Crippen LogP contribution is -2.36. The fourth-order valence-electron chi connectivity index (χ4n) is 4.38. The minimum atomic E-state index is -1.36. The van der Waals surface area contributed by atoms with Crippen molar-refractivity contribution in [3.8, 4) is 11.1 Å². The Morgan fingerprint density at radius 3 is 2.38 bits per heavy atom. The number of halogens is 2. The molecule has 8 nitrogen and oxygen atoms in total. The zero-order valence-corrected chi connectivity index (χ0v) is 19.2. The molecule has 1 amide bonds. The number of aromatic amines is 1. The van der Waals surface area contributed by atoms with E-state index in [1.54, 1.807) is 0 Å². The maximum atomic E-state index is 12.4. The first kappa shape index (κ1) is 22.6. The van der Waals surface area contributed by atoms with Gasteiger partial charge in [0.2, 0.25) is 5.28 Å². The average molecular weight is 499 g/mol. The molecule has 34 heavy (non-hydrogen) atoms. The topological polar surface area (TPSA) is 120 Å². The van der Waals surface area contributed by atoms with Crippen LogP contribution in [-0.4, -0.2) is 50.5 Å². The zero-order chi connectivity index (χ0) is 23.8. The zero-order valence-electron chi connectivity index (χ0n) is 17.7. The van der Waals surface area contributed by atoms with E-state index in [4.69, 9.17) is 27.9 Å². The highest BCUT2D eigenvalue weighted by molar-refractivity contribution is 6.35. The van der Waals surface area contributed by atoms with Gasteiger partial charge in [0, 0.05) is 24.2 Å². The van der Waals surface area contributed by atoms with Gasteiger partial charge in [0.1, 0.15) is 29.6 Å². The van der Waals surface area contributed by atoms with Gasteiger partial charge in [0.15, 0.2) is 0 Å². The summed E-state index contributed by atoms with van der Waals surface area (Å²) in [5, 5.41) is 23.9. The number of nitrogens with one attached hydrogen (secondary N) is 2. The lowest BCUT2D eigenvalue weighted by molar-refractivity contribution is 0.0194. The number of H-pyrrole nitrogens is 1. The first-order valence-electron chi connectivity index (χ1n) is 10.6. The Bertz CT molecular complexity index is 1330. The van der Waals surface area contributed by atoms with Crippen LogP contribution in [0, 0.1) is 0 Å². The molecule has 0 fully saturated rings. The van der Waals surface area contributed by atoms with Gasteiger partial charge >= 0.3 is 6.09 Å². The summed E-state index contributed by atoms with van der Waals surface area (Å²) in [6, 6.07) is 16.1. The summed E-state index contributed by atoms with van der Waals surface area (Å²) in [5.41, 5.74) is 5.09. The van der Waals surface area contributed by atoms with Crippen molar-refractivity contribution in [3.05, 3.63) is 81.9 Å². The van der Waals surface area contributed by atoms with E-state index in [0.717, 1.165) is 22.3 Å². The number of benzene rings is 2. The molecule has 0 saturated heterocycles. The second kappa shape index (κ2) is 9.23. The van der Waals surface area contributed by atoms with E-state index in [1.807, 2.05) is 36.4 Å². The summed E-state index contributed by atoms with van der Waals surface area (Å²) >= 11 is 11.9. The van der Waals surface area contributed by atoms with E-state index in [0.29, 0.717) is 16.6 Å². The maximum Gasteiger partial charge on any atom is 0.407 e. The molecule has 2 heterocycles. The minimum absolute atomic E-state index is 0.0435. The van der Waals surface area contributed by atoms with Gasteiger partial charge < -0.3 is 25.3 Å². The summed E-state index contributed by atoms with van der Waals surface area (Å²) in [5.74, 6) is -0.0751. The van der Waals surface area contributed by atoms with Gasteiger partial charge in [-0.05, 0) is 33.9 Å². The molecule has 1 aliphatic rings. The number of aliphatic hydroxyl groups is 2. The van der Waals surface area contributed by atoms with Gasteiger partial charge in [0.05, 0.1) is 5.39 Å². The molecule has 5 rings (SSSR count). The number of hydrogen-bond acceptors (Lipinski definition) is 6. The predicted molar refractivity (Wildman–Crippen MR) is 128 cm³/mol. The van der Waals surface area contributed by atoms with Gasteiger partial charge in [-0.25, -0.2) is 9.78 Å². The van der Waals surface area contributed by atoms with Gasteiger partial charge in [-0.15, -0.1) is 0 Å². The van der Waals surface area contributed by atoms with Crippen LogP contribution >= 0.6 is 23.2 Å². The molecule has 2 atom stereocenters. The van der Waals surface area contributed by atoms with E-state index in [2.05, 4.69) is 32.4 Å². The number of aliphatic hydroxyl groups excluding tert-OH is 2. The highest BCUT2D eigenvalue weighted by atomic mass is 35.5. The smallest absolute Gasteiger partial charge is 0.407 e. The summed E-state index contributed by atoms with van der Waals surface area (Å²) in [6.07, 6.45) is -1.92. The Morgan fingerprint density at radius 2 is 1.71 bits per heavy atom. The number of fused-ring (bicyclic) bond motifs is 4. The first-order valence-corrected chi connectivity index (χ1v) is 11.3. The molecule has 1 aliphatic carbocycles. The van der Waals surface area contributed by atoms with Crippen molar-refractivity contribution in [3.63, 3.8) is 0 Å². The van der Waals surface area contributed by atoms with Crippen molar-refractivity contribution >= 4 is 40.3 Å². The Kier molecular flexibility index (Phi) is 6.14. The number of hydrogen-bond donors (Lipinski definition) is 4. The predicted octanol–water partition coefficient (Wildman–Crippen LogP) is 4.20. The standard InChI is InChI=1S/C24H20Cl2N4O4/c25-21-19-16(9-27-22(19)30-23(26)29-21)20(32)18(31)10-28-24(33)34-11-17-14-7-3-1-5-12(14)13-6-2-4-8-15(13)17/h1-9,17-18,20,31-32H,10-11H2,(H,28,33)(H,27,29,30). The summed E-state index contributed by atoms with van der Waals surface area (Å²) in [4.78, 5) is 23.0. The molecule has 0 radical (unpaired) electrons. The van der Waals surface area contributed by atoms with E-state index < -0.39 is 18.3 Å². The molecular formula is C24H20Cl2N4O4. The molecule has 2 aromatic heterocycles. The minimum Gasteiger partial charge on any atom is -0.449 e. The fourth-order valence-corrected chi connectivity index (χ4v) is 4.87. The molecule has 0 aliphatic heterocycles. The highest BCUT2D eigenvalue weighted by Crippen LogP contribution is 2.44. The summed E-state index contributed by atoms with van der Waals surface area (Å²) in [6.45, 7) is -0.0920. The normalized spacial score (nSPS) is 14.5. The number of amides is 1. The highest BCUT2D eigenvalue weighted by Gasteiger charge is 2.29. The van der Waals surface area contributed by atoms with Crippen molar-refractivity contribution in [2.24, 2.45) is 0 Å². The number of ether oxygens (including phenoxy) is 1. The number of aromatic nitrogens is 3. The summed E-state index contributed by atoms with van der Waals surface area (Å²) < 4.78 is 5.46. The molecule has 174 valence electrons. The first-order chi connectivity index (χ1) is 16.4. The van der Waals surface area contributed by atoms with Gasteiger partial charge in [-0.3, -0.25) is 0 Å². The number of alkyl carbamates (subject to hydrolysis) is 1. The Balaban J connectivity index is 1.21. The van der Waals surface area contributed by atoms with Crippen LogP contribution in [0.25, 0.3) is 22.2 Å². The van der Waals surface area contributed by atoms with Crippen molar-refractivity contribution in [2.75, 3.05) is 13.2 Å². The van der Waals surface area contributed by atoms with E-state index >= 15 is 0 Å². The SMILES string of the molecule is O=C(NCC(O)C(O)c1c[nH]c2nc(Cl)nc(Cl)c12)OCC1c2ccccc2-c2ccccc21. The van der Waals surface area contributed by atoms with Crippen molar-refractivity contribution in [1.29, 1.82) is 0 Å². The number of nitrogens with zero attached hydrogens (tertiary/aromatic N) is 2. The molecule has 0 spiro atoms. The second-order valence-electron chi connectivity index (χ2n) is 7.97. The molecule has 4 aromatic rings. The summed E-state index contributed by atoms with van der Waals surface area (Å²) in [7, 11) is 0. The number of rotatable bonds is 6. The molecule has 2 aromatic carbocycles. The van der Waals surface area contributed by atoms with Crippen LogP contribution in [0.1, 0.15) is 28.7 Å². The van der Waals surface area contributed by atoms with Gasteiger partial charge in [0.25, 0.3) is 0 Å². The average Bonchev–Trinajstić information content (AvgIpc) is 3.40. The van der Waals surface area contributed by atoms with Crippen LogP contribution in [0.5, 0.6) is 0 Å². The van der Waals surface area contributed by atoms with Gasteiger partial charge in [-0.2, -0.15) is 4.98 Å². The van der Waals surface area contributed by atoms with E-state index in [9.17, 15) is 15.0 Å². The maximum absolute atomic E-state index is 12.4. The third-order valence-electron chi connectivity index (χ3n) is 5.97. The van der Waals surface area contributed by atoms with Crippen molar-refractivity contribution < 1.29 is 19.7 Å². The lowest BCUT2D eigenvalue weighted by atomic mass is 9.98. The van der Waals surface area contributed by atoms with E-state index in [-0.39, 0.29) is 29.5 Å². The Morgan fingerprint density at radius 1 is 1.06 bits per heavy atom. The quantitative estimate of drug-likeness (QED) is 0.233. The molecule has 4 N–H and O–H groups in total. The Hall–Kier alpha value is -3.17. The molecule has 2 unspecified atom stereocenters. The van der Waals surface area contributed by atoms with Crippen LogP contribution in [0.3, 0.4) is 0 Å². The number of carbonyl (C=O) groups excluding carboxylic acids is 1. The van der Waals surface area contributed by atoms with Crippen molar-refractivity contribution in [2.45, 2.75) is 18.1 Å². The van der Waals surface area contributed by atoms with Crippen LogP contribution < -0.4 is 5.32 Å². The van der Waals surface area contributed by atoms with Crippen LogP contribution in [0.2, 0.25) is 10.4 Å². The third-order valence-corrected chi connectivity index (χ3v) is 6.42. The molecular weight excluding hydrogens is 479 g/mol. The lowest BCUT2D eigenvalue weighted by Gasteiger charge is -2.19. The van der Waals surface area contributed by atoms with Crippen LogP contribution in [0.15, 0.2) is 54.7 Å². The van der Waals surface area contributed by atoms with Crippen molar-refractivity contribution in [1.82, 2.24) is 20.3 Å². The van der Waals surface area contributed by atoms with Crippen LogP contribution in [-0.2, 0) is 4.74 Å². The second-order valence-corrected chi connectivity index (χ2v) is 8.67. The Labute approximate surface area is 204 Å². The molecule has 0 saturated carbocycles. The van der Waals surface area contributed by atoms with Gasteiger partial charge in [-0.1, -0.05) is 60.1 Å².